The fraction of sp³-hybridized carbons (Fsp3) is 0.300. The highest BCUT2D eigenvalue weighted by Gasteiger charge is 2.38. The van der Waals surface area contributed by atoms with E-state index in [2.05, 4.69) is 0 Å². The van der Waals surface area contributed by atoms with Crippen molar-refractivity contribution in [3.8, 4) is 0 Å². The third-order valence-electron chi connectivity index (χ3n) is 4.74. The molecule has 2 aromatic carbocycles. The Kier molecular flexibility index (Phi) is 4.00. The Morgan fingerprint density at radius 1 is 0.625 bits per heavy atom. The van der Waals surface area contributed by atoms with E-state index in [9.17, 15) is 9.59 Å². The maximum atomic E-state index is 12.8. The van der Waals surface area contributed by atoms with E-state index in [1.165, 1.54) is 0 Å². The first-order chi connectivity index (χ1) is 11.8. The van der Waals surface area contributed by atoms with Crippen molar-refractivity contribution in [2.75, 3.05) is 26.4 Å². The Morgan fingerprint density at radius 2 is 0.958 bits per heavy atom. The van der Waals surface area contributed by atoms with Crippen molar-refractivity contribution in [3.05, 3.63) is 70.8 Å². The first-order valence-corrected chi connectivity index (χ1v) is 8.16. The molecule has 4 nitrogen and oxygen atoms in total. The molecule has 0 N–H and O–H groups in total. The standard InChI is InChI=1S/C20H18O4/c21-17-11-23-9-10-24-12-18(22)20-14-6-2-1-5-13(14)19(17)15-7-3-4-8-16(15)20/h1-8,19-20H,9-12H2. The SMILES string of the molecule is O=C1COCCOCC(=O)C2c3ccccc3C1c1ccccc12. The summed E-state index contributed by atoms with van der Waals surface area (Å²) in [4.78, 5) is 25.7. The molecule has 0 saturated heterocycles. The number of rotatable bonds is 0. The highest BCUT2D eigenvalue weighted by molar-refractivity contribution is 5.97. The zero-order valence-corrected chi connectivity index (χ0v) is 13.2. The van der Waals surface area contributed by atoms with Crippen molar-refractivity contribution in [2.45, 2.75) is 11.8 Å². The summed E-state index contributed by atoms with van der Waals surface area (Å²) in [7, 11) is 0. The van der Waals surface area contributed by atoms with E-state index >= 15 is 0 Å². The van der Waals surface area contributed by atoms with E-state index in [-0.39, 0.29) is 36.6 Å². The van der Waals surface area contributed by atoms with Crippen molar-refractivity contribution in [2.24, 2.45) is 0 Å². The van der Waals surface area contributed by atoms with Crippen LogP contribution in [-0.2, 0) is 19.1 Å². The summed E-state index contributed by atoms with van der Waals surface area (Å²) in [6, 6.07) is 15.4. The van der Waals surface area contributed by atoms with Gasteiger partial charge in [0.2, 0.25) is 0 Å². The van der Waals surface area contributed by atoms with Crippen LogP contribution >= 0.6 is 0 Å². The van der Waals surface area contributed by atoms with Crippen LogP contribution in [0.25, 0.3) is 0 Å². The number of carbonyl (C=O) groups is 2. The third kappa shape index (κ3) is 2.48. The lowest BCUT2D eigenvalue weighted by molar-refractivity contribution is -0.128. The summed E-state index contributed by atoms with van der Waals surface area (Å²) in [5.74, 6) is -0.716. The number of hydrogen-bond donors (Lipinski definition) is 0. The largest absolute Gasteiger partial charge is 0.371 e. The van der Waals surface area contributed by atoms with Gasteiger partial charge in [-0.2, -0.15) is 0 Å². The van der Waals surface area contributed by atoms with E-state index in [4.69, 9.17) is 9.47 Å². The van der Waals surface area contributed by atoms with Crippen LogP contribution < -0.4 is 0 Å². The molecule has 1 aliphatic heterocycles. The predicted molar refractivity (Wildman–Crippen MR) is 88.2 cm³/mol. The van der Waals surface area contributed by atoms with Gasteiger partial charge in [-0.25, -0.2) is 0 Å². The Bertz CT molecular complexity index is 682. The second-order valence-electron chi connectivity index (χ2n) is 6.16. The normalized spacial score (nSPS) is 23.8. The van der Waals surface area contributed by atoms with E-state index in [1.54, 1.807) is 0 Å². The molecular weight excluding hydrogens is 304 g/mol. The highest BCUT2D eigenvalue weighted by Crippen LogP contribution is 2.44. The summed E-state index contributed by atoms with van der Waals surface area (Å²) in [5.41, 5.74) is 3.62. The van der Waals surface area contributed by atoms with Gasteiger partial charge in [0.05, 0.1) is 25.0 Å². The van der Waals surface area contributed by atoms with Crippen LogP contribution in [0.15, 0.2) is 48.5 Å². The minimum atomic E-state index is -0.373. The molecule has 24 heavy (non-hydrogen) atoms. The molecule has 0 unspecified atom stereocenters. The van der Waals surface area contributed by atoms with E-state index in [1.807, 2.05) is 48.5 Å². The van der Waals surface area contributed by atoms with Gasteiger partial charge in [0.1, 0.15) is 13.2 Å². The van der Waals surface area contributed by atoms with Gasteiger partial charge >= 0.3 is 0 Å². The lowest BCUT2D eigenvalue weighted by atomic mass is 9.70. The second-order valence-corrected chi connectivity index (χ2v) is 6.16. The fourth-order valence-electron chi connectivity index (χ4n) is 3.73. The van der Waals surface area contributed by atoms with Crippen molar-refractivity contribution >= 4 is 11.6 Å². The second kappa shape index (κ2) is 6.30. The maximum Gasteiger partial charge on any atom is 0.170 e. The Hall–Kier alpha value is -2.30. The molecule has 0 atom stereocenters. The van der Waals surface area contributed by atoms with Crippen LogP contribution in [0.4, 0.5) is 0 Å². The van der Waals surface area contributed by atoms with Crippen LogP contribution in [0.3, 0.4) is 0 Å². The Labute approximate surface area is 140 Å². The topological polar surface area (TPSA) is 52.6 Å². The minimum absolute atomic E-state index is 0.0152. The monoisotopic (exact) mass is 322 g/mol. The van der Waals surface area contributed by atoms with E-state index in [0.717, 1.165) is 22.3 Å². The van der Waals surface area contributed by atoms with Crippen LogP contribution in [-0.4, -0.2) is 38.0 Å². The van der Waals surface area contributed by atoms with Crippen molar-refractivity contribution in [1.82, 2.24) is 0 Å². The van der Waals surface area contributed by atoms with Crippen LogP contribution in [0.5, 0.6) is 0 Å². The highest BCUT2D eigenvalue weighted by atomic mass is 16.5. The number of benzene rings is 2. The number of ketones is 2. The molecule has 0 saturated carbocycles. The Morgan fingerprint density at radius 3 is 1.29 bits per heavy atom. The maximum absolute atomic E-state index is 12.8. The molecule has 1 heterocycles. The number of ether oxygens (including phenoxy) is 2. The zero-order valence-electron chi connectivity index (χ0n) is 13.2. The Balaban J connectivity index is 1.95. The smallest absolute Gasteiger partial charge is 0.170 e. The summed E-state index contributed by atoms with van der Waals surface area (Å²) in [6.07, 6.45) is 0. The summed E-state index contributed by atoms with van der Waals surface area (Å²) >= 11 is 0. The zero-order chi connectivity index (χ0) is 16.5. The molecule has 2 bridgehead atoms. The number of fused-ring (bicyclic) bond motifs is 3. The molecule has 2 aromatic rings. The molecular formula is C20H18O4. The minimum Gasteiger partial charge on any atom is -0.371 e. The summed E-state index contributed by atoms with van der Waals surface area (Å²) in [6.45, 7) is 0.740. The van der Waals surface area contributed by atoms with Crippen molar-refractivity contribution < 1.29 is 19.1 Å². The molecule has 0 radical (unpaired) electrons. The van der Waals surface area contributed by atoms with Gasteiger partial charge in [-0.3, -0.25) is 9.59 Å². The van der Waals surface area contributed by atoms with Gasteiger partial charge in [0, 0.05) is 0 Å². The lowest BCUT2D eigenvalue weighted by Gasteiger charge is -2.33. The van der Waals surface area contributed by atoms with E-state index in [0.29, 0.717) is 13.2 Å². The van der Waals surface area contributed by atoms with E-state index < -0.39 is 0 Å². The third-order valence-corrected chi connectivity index (χ3v) is 4.74. The number of Topliss-reactive ketones (excluding diaryl/α,β-unsaturated/α-hetero) is 2. The average Bonchev–Trinajstić information content (AvgIpc) is 2.60. The van der Waals surface area contributed by atoms with Crippen molar-refractivity contribution in [3.63, 3.8) is 0 Å². The molecule has 4 heteroatoms. The van der Waals surface area contributed by atoms with Crippen LogP contribution in [0, 0.1) is 0 Å². The van der Waals surface area contributed by atoms with Gasteiger partial charge in [0.15, 0.2) is 11.6 Å². The van der Waals surface area contributed by atoms with Gasteiger partial charge in [-0.15, -0.1) is 0 Å². The summed E-state index contributed by atoms with van der Waals surface area (Å²) in [5, 5.41) is 0. The molecule has 0 amide bonds. The van der Waals surface area contributed by atoms with Gasteiger partial charge in [-0.05, 0) is 22.3 Å². The summed E-state index contributed by atoms with van der Waals surface area (Å²) < 4.78 is 10.9. The molecule has 122 valence electrons. The quantitative estimate of drug-likeness (QED) is 0.747. The molecule has 4 rings (SSSR count). The van der Waals surface area contributed by atoms with Crippen LogP contribution in [0.2, 0.25) is 0 Å². The van der Waals surface area contributed by atoms with Crippen molar-refractivity contribution in [1.29, 1.82) is 0 Å². The molecule has 2 aliphatic rings. The first kappa shape index (κ1) is 15.2. The van der Waals surface area contributed by atoms with Gasteiger partial charge < -0.3 is 9.47 Å². The fourth-order valence-corrected chi connectivity index (χ4v) is 3.73. The molecule has 0 spiro atoms. The van der Waals surface area contributed by atoms with Crippen LogP contribution in [0.1, 0.15) is 34.1 Å². The molecule has 0 aromatic heterocycles. The number of carbonyl (C=O) groups excluding carboxylic acids is 2. The predicted octanol–water partition coefficient (Wildman–Crippen LogP) is 2.45. The molecule has 0 fully saturated rings. The average molecular weight is 322 g/mol. The molecule has 1 aliphatic carbocycles. The number of hydrogen-bond acceptors (Lipinski definition) is 4. The first-order valence-electron chi connectivity index (χ1n) is 8.16. The van der Waals surface area contributed by atoms with Gasteiger partial charge in [-0.1, -0.05) is 48.5 Å². The lowest BCUT2D eigenvalue weighted by Crippen LogP contribution is -2.32. The van der Waals surface area contributed by atoms with Gasteiger partial charge in [0.25, 0.3) is 0 Å².